The van der Waals surface area contributed by atoms with Gasteiger partial charge in [-0.1, -0.05) is 61.5 Å². The van der Waals surface area contributed by atoms with Crippen molar-refractivity contribution < 1.29 is 23.7 Å². The summed E-state index contributed by atoms with van der Waals surface area (Å²) in [6, 6.07) is 42.5. The molecule has 0 bridgehead atoms. The Morgan fingerprint density at radius 3 is 1.67 bits per heavy atom. The minimum atomic E-state index is -0.0704. The van der Waals surface area contributed by atoms with Gasteiger partial charge in [0.15, 0.2) is 0 Å². The van der Waals surface area contributed by atoms with Crippen molar-refractivity contribution in [3.63, 3.8) is 0 Å². The molecule has 3 aliphatic rings. The standard InChI is InChI=1S/C54H56N2O5/c1-54-31-30-49-48-27-25-47(60-33-5-2-4-32-58-45-21-16-42(17-22-45)40-12-8-38(36-55)9-13-40)35-44(48)20-26-50(49)51(54)28-29-52(54)61-53(57)7-3-6-34-59-46-23-18-43(19-24-46)41-14-10-39(37-56)11-15-41/h8-19,21-25,27,35,49-52H,2-7,20,26,28-34H2,1H3/t49-,50-,51+,52+,54+/m1/s1. The molecule has 0 N–H and O–H groups in total. The second-order valence-electron chi connectivity index (χ2n) is 17.4. The van der Waals surface area contributed by atoms with Crippen molar-refractivity contribution in [1.82, 2.24) is 0 Å². The smallest absolute Gasteiger partial charge is 0.306 e. The average Bonchev–Trinajstić information content (AvgIpc) is 3.64. The van der Waals surface area contributed by atoms with Crippen LogP contribution in [0.3, 0.4) is 0 Å². The third kappa shape index (κ3) is 9.95. The first-order valence-corrected chi connectivity index (χ1v) is 22.3. The molecule has 8 rings (SSSR count). The van der Waals surface area contributed by atoms with E-state index in [1.54, 1.807) is 0 Å². The second kappa shape index (κ2) is 19.6. The number of fused-ring (bicyclic) bond motifs is 5. The van der Waals surface area contributed by atoms with Crippen molar-refractivity contribution in [1.29, 1.82) is 10.5 Å². The summed E-state index contributed by atoms with van der Waals surface area (Å²) >= 11 is 0. The normalized spacial score (nSPS) is 21.2. The summed E-state index contributed by atoms with van der Waals surface area (Å²) in [4.78, 5) is 13.1. The quantitative estimate of drug-likeness (QED) is 0.0680. The number of hydrogen-bond acceptors (Lipinski definition) is 7. The molecule has 5 aromatic rings. The maximum absolute atomic E-state index is 13.1. The van der Waals surface area contributed by atoms with Gasteiger partial charge in [0.25, 0.3) is 0 Å². The topological polar surface area (TPSA) is 102 Å². The zero-order valence-corrected chi connectivity index (χ0v) is 35.3. The van der Waals surface area contributed by atoms with Crippen molar-refractivity contribution in [2.24, 2.45) is 17.3 Å². The monoisotopic (exact) mass is 812 g/mol. The highest BCUT2D eigenvalue weighted by molar-refractivity contribution is 5.69. The molecule has 0 spiro atoms. The first-order valence-electron chi connectivity index (χ1n) is 22.3. The molecule has 2 fully saturated rings. The Kier molecular flexibility index (Phi) is 13.4. The van der Waals surface area contributed by atoms with Crippen molar-refractivity contribution in [2.45, 2.75) is 96.0 Å². The van der Waals surface area contributed by atoms with Crippen LogP contribution in [0.5, 0.6) is 17.2 Å². The maximum Gasteiger partial charge on any atom is 0.306 e. The summed E-state index contributed by atoms with van der Waals surface area (Å²) in [5.74, 6) is 4.39. The lowest BCUT2D eigenvalue weighted by atomic mass is 9.55. The van der Waals surface area contributed by atoms with Gasteiger partial charge in [-0.25, -0.2) is 0 Å². The van der Waals surface area contributed by atoms with Gasteiger partial charge in [0, 0.05) is 11.8 Å². The minimum absolute atomic E-state index is 0.00758. The van der Waals surface area contributed by atoms with Crippen molar-refractivity contribution in [3.05, 3.63) is 138 Å². The fraction of sp³-hybridized carbons (Fsp3) is 0.389. The molecule has 0 amide bonds. The van der Waals surface area contributed by atoms with Crippen LogP contribution in [0.4, 0.5) is 0 Å². The molecule has 61 heavy (non-hydrogen) atoms. The number of carbonyl (C=O) groups excluding carboxylic acids is 1. The van der Waals surface area contributed by atoms with Gasteiger partial charge in [0.05, 0.1) is 43.1 Å². The lowest BCUT2D eigenvalue weighted by Crippen LogP contribution is -2.45. The van der Waals surface area contributed by atoms with Crippen LogP contribution in [-0.2, 0) is 16.0 Å². The molecule has 0 aliphatic heterocycles. The van der Waals surface area contributed by atoms with Gasteiger partial charge in [0.1, 0.15) is 23.4 Å². The molecule has 0 aromatic heterocycles. The van der Waals surface area contributed by atoms with Crippen LogP contribution < -0.4 is 14.2 Å². The Labute approximate surface area is 361 Å². The fourth-order valence-corrected chi connectivity index (χ4v) is 10.3. The molecular formula is C54H56N2O5. The number of aryl methyl sites for hydroxylation is 1. The van der Waals surface area contributed by atoms with Gasteiger partial charge < -0.3 is 18.9 Å². The van der Waals surface area contributed by atoms with Gasteiger partial charge in [0.2, 0.25) is 0 Å². The summed E-state index contributed by atoms with van der Waals surface area (Å²) < 4.78 is 24.5. The number of nitriles is 2. The van der Waals surface area contributed by atoms with E-state index in [0.29, 0.717) is 55.1 Å². The fourth-order valence-electron chi connectivity index (χ4n) is 10.3. The summed E-state index contributed by atoms with van der Waals surface area (Å²) in [5, 5.41) is 18.1. The lowest BCUT2D eigenvalue weighted by Gasteiger charge is -2.50. The third-order valence-corrected chi connectivity index (χ3v) is 13.7. The Morgan fingerprint density at radius 1 is 0.607 bits per heavy atom. The first-order chi connectivity index (χ1) is 29.9. The van der Waals surface area contributed by atoms with E-state index in [2.05, 4.69) is 49.4 Å². The molecular weight excluding hydrogens is 757 g/mol. The predicted octanol–water partition coefficient (Wildman–Crippen LogP) is 12.4. The molecule has 312 valence electrons. The van der Waals surface area contributed by atoms with Crippen molar-refractivity contribution in [3.8, 4) is 51.6 Å². The molecule has 5 atom stereocenters. The van der Waals surface area contributed by atoms with Crippen LogP contribution in [0.25, 0.3) is 22.3 Å². The zero-order valence-electron chi connectivity index (χ0n) is 35.3. The Hall–Kier alpha value is -6.05. The van der Waals surface area contributed by atoms with E-state index in [0.717, 1.165) is 104 Å². The molecule has 7 nitrogen and oxygen atoms in total. The highest BCUT2D eigenvalue weighted by Gasteiger charge is 2.56. The van der Waals surface area contributed by atoms with Crippen LogP contribution in [0.15, 0.2) is 115 Å². The number of ether oxygens (including phenoxy) is 4. The van der Waals surface area contributed by atoms with Crippen LogP contribution >= 0.6 is 0 Å². The van der Waals surface area contributed by atoms with Gasteiger partial charge in [-0.2, -0.15) is 10.5 Å². The Balaban J connectivity index is 0.719. The number of benzene rings is 5. The van der Waals surface area contributed by atoms with E-state index in [9.17, 15) is 4.79 Å². The van der Waals surface area contributed by atoms with E-state index >= 15 is 0 Å². The summed E-state index contributed by atoms with van der Waals surface area (Å²) in [5.41, 5.74) is 8.66. The molecule has 0 unspecified atom stereocenters. The number of carbonyl (C=O) groups is 1. The number of rotatable bonds is 17. The minimum Gasteiger partial charge on any atom is -0.494 e. The summed E-state index contributed by atoms with van der Waals surface area (Å²) in [6.07, 6.45) is 11.6. The Bertz CT molecular complexity index is 2320. The highest BCUT2D eigenvalue weighted by atomic mass is 16.5. The Morgan fingerprint density at radius 2 is 1.11 bits per heavy atom. The molecule has 0 heterocycles. The van der Waals surface area contributed by atoms with Gasteiger partial charge in [-0.3, -0.25) is 4.79 Å². The number of hydrogen-bond donors (Lipinski definition) is 0. The van der Waals surface area contributed by atoms with Gasteiger partial charge >= 0.3 is 5.97 Å². The highest BCUT2D eigenvalue weighted by Crippen LogP contribution is 2.61. The van der Waals surface area contributed by atoms with Crippen molar-refractivity contribution in [2.75, 3.05) is 19.8 Å². The third-order valence-electron chi connectivity index (χ3n) is 13.7. The van der Waals surface area contributed by atoms with Crippen LogP contribution in [0.2, 0.25) is 0 Å². The van der Waals surface area contributed by atoms with E-state index in [-0.39, 0.29) is 17.5 Å². The average molecular weight is 813 g/mol. The number of esters is 1. The van der Waals surface area contributed by atoms with E-state index in [1.807, 2.05) is 84.9 Å². The SMILES string of the molecule is C[C@]12CC[C@@H]3c4ccc(OCCCCCOc5ccc(-c6ccc(C#N)cc6)cc5)cc4CC[C@H]3[C@@H]1CC[C@@H]2OC(=O)CCCCOc1ccc(-c2ccc(C#N)cc2)cc1. The first kappa shape index (κ1) is 41.7. The number of unbranched alkanes of at least 4 members (excludes halogenated alkanes) is 3. The lowest BCUT2D eigenvalue weighted by molar-refractivity contribution is -0.157. The number of nitrogens with zero attached hydrogens (tertiary/aromatic N) is 2. The van der Waals surface area contributed by atoms with Crippen LogP contribution in [-0.4, -0.2) is 31.9 Å². The summed E-state index contributed by atoms with van der Waals surface area (Å²) in [6.45, 7) is 4.34. The molecule has 7 heteroatoms. The van der Waals surface area contributed by atoms with Gasteiger partial charge in [-0.05, 0) is 182 Å². The zero-order chi connectivity index (χ0) is 42.0. The van der Waals surface area contributed by atoms with Crippen LogP contribution in [0.1, 0.15) is 106 Å². The van der Waals surface area contributed by atoms with Crippen molar-refractivity contribution >= 4 is 5.97 Å². The largest absolute Gasteiger partial charge is 0.494 e. The molecule has 0 saturated heterocycles. The predicted molar refractivity (Wildman–Crippen MR) is 238 cm³/mol. The molecule has 5 aromatic carbocycles. The maximum atomic E-state index is 13.1. The van der Waals surface area contributed by atoms with Gasteiger partial charge in [-0.15, -0.1) is 0 Å². The van der Waals surface area contributed by atoms with E-state index in [4.69, 9.17) is 29.5 Å². The van der Waals surface area contributed by atoms with Crippen LogP contribution in [0, 0.1) is 39.9 Å². The summed E-state index contributed by atoms with van der Waals surface area (Å²) in [7, 11) is 0. The van der Waals surface area contributed by atoms with E-state index < -0.39 is 0 Å². The second-order valence-corrected chi connectivity index (χ2v) is 17.4. The molecule has 0 radical (unpaired) electrons. The molecule has 2 saturated carbocycles. The molecule has 3 aliphatic carbocycles. The van der Waals surface area contributed by atoms with E-state index in [1.165, 1.54) is 17.5 Å².